The van der Waals surface area contributed by atoms with Crippen LogP contribution >= 0.6 is 0 Å². The maximum Gasteiger partial charge on any atom is 0.258 e. The van der Waals surface area contributed by atoms with Crippen molar-refractivity contribution < 1.29 is 9.21 Å². The standard InChI is InChI=1S/C15H18N2O2/c1-10-8-17(11(2)7-16-10)15(18)13-9-19-14-6-4-3-5-12(13)14/h3-6,9-11,16H,7-8H2,1-2H3. The first-order valence-electron chi connectivity index (χ1n) is 6.67. The van der Waals surface area contributed by atoms with E-state index in [0.29, 0.717) is 11.6 Å². The molecule has 0 aliphatic carbocycles. The molecule has 0 saturated carbocycles. The Balaban J connectivity index is 1.95. The number of benzene rings is 1. The number of piperazine rings is 1. The highest BCUT2D eigenvalue weighted by Crippen LogP contribution is 2.23. The van der Waals surface area contributed by atoms with E-state index in [1.54, 1.807) is 6.26 Å². The molecule has 19 heavy (non-hydrogen) atoms. The van der Waals surface area contributed by atoms with Crippen LogP contribution in [-0.4, -0.2) is 36.0 Å². The predicted molar refractivity (Wildman–Crippen MR) is 74.2 cm³/mol. The van der Waals surface area contributed by atoms with E-state index in [-0.39, 0.29) is 11.9 Å². The summed E-state index contributed by atoms with van der Waals surface area (Å²) in [6.45, 7) is 5.74. The number of carbonyl (C=O) groups is 1. The molecule has 4 nitrogen and oxygen atoms in total. The van der Waals surface area contributed by atoms with Gasteiger partial charge in [0.25, 0.3) is 5.91 Å². The summed E-state index contributed by atoms with van der Waals surface area (Å²) < 4.78 is 5.46. The average molecular weight is 258 g/mol. The van der Waals surface area contributed by atoms with Crippen molar-refractivity contribution in [3.63, 3.8) is 0 Å². The number of para-hydroxylation sites is 1. The SMILES string of the molecule is CC1CN(C(=O)c2coc3ccccc23)C(C)CN1. The summed E-state index contributed by atoms with van der Waals surface area (Å²) in [5.41, 5.74) is 1.43. The smallest absolute Gasteiger partial charge is 0.258 e. The van der Waals surface area contributed by atoms with Gasteiger partial charge >= 0.3 is 0 Å². The van der Waals surface area contributed by atoms with E-state index < -0.39 is 0 Å². The van der Waals surface area contributed by atoms with E-state index in [2.05, 4.69) is 19.2 Å². The fourth-order valence-corrected chi connectivity index (χ4v) is 2.60. The second kappa shape index (κ2) is 4.70. The molecule has 1 fully saturated rings. The molecule has 0 radical (unpaired) electrons. The Kier molecular flexibility index (Phi) is 3.03. The Hall–Kier alpha value is -1.81. The minimum absolute atomic E-state index is 0.0609. The van der Waals surface area contributed by atoms with Gasteiger partial charge in [-0.1, -0.05) is 18.2 Å². The van der Waals surface area contributed by atoms with E-state index in [9.17, 15) is 4.79 Å². The monoisotopic (exact) mass is 258 g/mol. The maximum atomic E-state index is 12.7. The van der Waals surface area contributed by atoms with Gasteiger partial charge in [0, 0.05) is 30.6 Å². The second-order valence-corrected chi connectivity index (χ2v) is 5.26. The van der Waals surface area contributed by atoms with Crippen molar-refractivity contribution in [2.75, 3.05) is 13.1 Å². The highest BCUT2D eigenvalue weighted by Gasteiger charge is 2.28. The average Bonchev–Trinajstić information content (AvgIpc) is 2.84. The van der Waals surface area contributed by atoms with Crippen LogP contribution in [0.2, 0.25) is 0 Å². The summed E-state index contributed by atoms with van der Waals surface area (Å²) in [7, 11) is 0. The van der Waals surface area contributed by atoms with Crippen molar-refractivity contribution in [2.24, 2.45) is 0 Å². The number of rotatable bonds is 1. The molecule has 2 unspecified atom stereocenters. The number of carbonyl (C=O) groups excluding carboxylic acids is 1. The number of fused-ring (bicyclic) bond motifs is 1. The van der Waals surface area contributed by atoms with Crippen LogP contribution in [-0.2, 0) is 0 Å². The van der Waals surface area contributed by atoms with E-state index in [1.165, 1.54) is 0 Å². The molecular formula is C15H18N2O2. The highest BCUT2D eigenvalue weighted by molar-refractivity contribution is 6.06. The van der Waals surface area contributed by atoms with Gasteiger partial charge in [0.1, 0.15) is 11.8 Å². The van der Waals surface area contributed by atoms with Crippen LogP contribution in [0.1, 0.15) is 24.2 Å². The zero-order valence-electron chi connectivity index (χ0n) is 11.2. The summed E-state index contributed by atoms with van der Waals surface area (Å²) in [6.07, 6.45) is 1.58. The molecule has 100 valence electrons. The minimum Gasteiger partial charge on any atom is -0.463 e. The van der Waals surface area contributed by atoms with Gasteiger partial charge in [0.15, 0.2) is 0 Å². The van der Waals surface area contributed by atoms with Crippen molar-refractivity contribution in [1.82, 2.24) is 10.2 Å². The second-order valence-electron chi connectivity index (χ2n) is 5.26. The Morgan fingerprint density at radius 1 is 1.37 bits per heavy atom. The molecule has 1 aliphatic rings. The van der Waals surface area contributed by atoms with E-state index in [4.69, 9.17) is 4.42 Å². The Morgan fingerprint density at radius 2 is 2.16 bits per heavy atom. The third-order valence-corrected chi connectivity index (χ3v) is 3.74. The number of amides is 1. The summed E-state index contributed by atoms with van der Waals surface area (Å²) in [6, 6.07) is 8.20. The lowest BCUT2D eigenvalue weighted by molar-refractivity contribution is 0.0617. The fraction of sp³-hybridized carbons (Fsp3) is 0.400. The zero-order chi connectivity index (χ0) is 13.4. The Labute approximate surface area is 112 Å². The van der Waals surface area contributed by atoms with Gasteiger partial charge in [0.2, 0.25) is 0 Å². The molecule has 1 N–H and O–H groups in total. The molecule has 2 atom stereocenters. The summed E-state index contributed by atoms with van der Waals surface area (Å²) >= 11 is 0. The third kappa shape index (κ3) is 2.12. The summed E-state index contributed by atoms with van der Waals surface area (Å²) in [4.78, 5) is 14.6. The van der Waals surface area contributed by atoms with Crippen molar-refractivity contribution in [2.45, 2.75) is 25.9 Å². The third-order valence-electron chi connectivity index (χ3n) is 3.74. The normalized spacial score (nSPS) is 23.8. The molecule has 0 spiro atoms. The van der Waals surface area contributed by atoms with Gasteiger partial charge < -0.3 is 14.6 Å². The van der Waals surface area contributed by atoms with Gasteiger partial charge in [0.05, 0.1) is 5.56 Å². The topological polar surface area (TPSA) is 45.5 Å². The molecule has 1 aromatic heterocycles. The Morgan fingerprint density at radius 3 is 3.00 bits per heavy atom. The zero-order valence-corrected chi connectivity index (χ0v) is 11.2. The lowest BCUT2D eigenvalue weighted by Crippen LogP contribution is -2.56. The minimum atomic E-state index is 0.0609. The number of nitrogens with zero attached hydrogens (tertiary/aromatic N) is 1. The van der Waals surface area contributed by atoms with Crippen LogP contribution in [0.3, 0.4) is 0 Å². The quantitative estimate of drug-likeness (QED) is 0.853. The maximum absolute atomic E-state index is 12.7. The first-order chi connectivity index (χ1) is 9.16. The van der Waals surface area contributed by atoms with Crippen LogP contribution in [0.4, 0.5) is 0 Å². The van der Waals surface area contributed by atoms with Gasteiger partial charge in [-0.05, 0) is 19.9 Å². The van der Waals surface area contributed by atoms with Crippen molar-refractivity contribution in [3.05, 3.63) is 36.1 Å². The van der Waals surface area contributed by atoms with Crippen LogP contribution < -0.4 is 5.32 Å². The fourth-order valence-electron chi connectivity index (χ4n) is 2.60. The summed E-state index contributed by atoms with van der Waals surface area (Å²) in [5.74, 6) is 0.0609. The van der Waals surface area contributed by atoms with Crippen LogP contribution in [0.5, 0.6) is 0 Å². The number of hydrogen-bond donors (Lipinski definition) is 1. The largest absolute Gasteiger partial charge is 0.463 e. The first kappa shape index (κ1) is 12.2. The highest BCUT2D eigenvalue weighted by atomic mass is 16.3. The van der Waals surface area contributed by atoms with Gasteiger partial charge in [-0.15, -0.1) is 0 Å². The van der Waals surface area contributed by atoms with E-state index >= 15 is 0 Å². The van der Waals surface area contributed by atoms with Crippen molar-refractivity contribution >= 4 is 16.9 Å². The molecule has 1 saturated heterocycles. The lowest BCUT2D eigenvalue weighted by Gasteiger charge is -2.37. The Bertz CT molecular complexity index is 605. The molecular weight excluding hydrogens is 240 g/mol. The van der Waals surface area contributed by atoms with Crippen LogP contribution in [0.15, 0.2) is 34.9 Å². The predicted octanol–water partition coefficient (Wildman–Crippen LogP) is 2.26. The molecule has 3 rings (SSSR count). The molecule has 2 heterocycles. The van der Waals surface area contributed by atoms with E-state index in [1.807, 2.05) is 29.2 Å². The number of furan rings is 1. The van der Waals surface area contributed by atoms with Crippen LogP contribution in [0.25, 0.3) is 11.0 Å². The first-order valence-corrected chi connectivity index (χ1v) is 6.67. The molecule has 1 amide bonds. The number of hydrogen-bond acceptors (Lipinski definition) is 3. The lowest BCUT2D eigenvalue weighted by atomic mass is 10.1. The number of nitrogens with one attached hydrogen (secondary N) is 1. The van der Waals surface area contributed by atoms with Gasteiger partial charge in [-0.2, -0.15) is 0 Å². The van der Waals surface area contributed by atoms with Gasteiger partial charge in [-0.25, -0.2) is 0 Å². The van der Waals surface area contributed by atoms with Crippen molar-refractivity contribution in [3.8, 4) is 0 Å². The molecule has 4 heteroatoms. The molecule has 1 aliphatic heterocycles. The van der Waals surface area contributed by atoms with E-state index in [0.717, 1.165) is 24.1 Å². The molecule has 0 bridgehead atoms. The molecule has 2 aromatic rings. The van der Waals surface area contributed by atoms with Crippen molar-refractivity contribution in [1.29, 1.82) is 0 Å². The molecule has 1 aromatic carbocycles. The summed E-state index contributed by atoms with van der Waals surface area (Å²) in [5, 5.41) is 4.28. The van der Waals surface area contributed by atoms with Crippen LogP contribution in [0, 0.1) is 0 Å². The van der Waals surface area contributed by atoms with Gasteiger partial charge in [-0.3, -0.25) is 4.79 Å².